The number of carbonyl (C=O) groups is 3. The van der Waals surface area contributed by atoms with Crippen molar-refractivity contribution in [3.05, 3.63) is 96.1 Å². The maximum atomic E-state index is 12.8. The molecular weight excluding hydrogens is 616 g/mol. The maximum absolute atomic E-state index is 12.8. The second-order valence-electron chi connectivity index (χ2n) is 13.0. The normalized spacial score (nSPS) is 15.5. The van der Waals surface area contributed by atoms with E-state index in [1.165, 1.54) is 25.3 Å². The highest BCUT2D eigenvalue weighted by Gasteiger charge is 2.39. The molecule has 0 spiro atoms. The van der Waals surface area contributed by atoms with Gasteiger partial charge in [-0.1, -0.05) is 81.4 Å². The molecule has 0 amide bonds. The Hall–Kier alpha value is -3.57. The van der Waals surface area contributed by atoms with Crippen molar-refractivity contribution in [1.29, 1.82) is 0 Å². The summed E-state index contributed by atoms with van der Waals surface area (Å²) in [5.41, 5.74) is 1.92. The molecule has 0 aliphatic rings. The molecule has 0 saturated heterocycles. The van der Waals surface area contributed by atoms with Crippen LogP contribution >= 0.6 is 0 Å². The van der Waals surface area contributed by atoms with E-state index >= 15 is 0 Å². The van der Waals surface area contributed by atoms with E-state index in [1.807, 2.05) is 67.6 Å². The third kappa shape index (κ3) is 14.8. The van der Waals surface area contributed by atoms with Gasteiger partial charge in [0.25, 0.3) is 0 Å². The van der Waals surface area contributed by atoms with E-state index < -0.39 is 50.6 Å². The van der Waals surface area contributed by atoms with Crippen LogP contribution in [0.3, 0.4) is 0 Å². The van der Waals surface area contributed by atoms with E-state index in [4.69, 9.17) is 23.4 Å². The summed E-state index contributed by atoms with van der Waals surface area (Å²) in [7, 11) is -0.842. The highest BCUT2D eigenvalue weighted by molar-refractivity contribution is 6.74. The molecular formula is C37H52O9Si. The minimum atomic E-state index is -2.12. The van der Waals surface area contributed by atoms with Crippen LogP contribution in [0.4, 0.5) is 0 Å². The minimum absolute atomic E-state index is 0.00109. The Morgan fingerprint density at radius 2 is 1.19 bits per heavy atom. The van der Waals surface area contributed by atoms with Gasteiger partial charge in [0.15, 0.2) is 8.32 Å². The number of benzene rings is 2. The largest absolute Gasteiger partial charge is 0.466 e. The Balaban J connectivity index is 2.00. The van der Waals surface area contributed by atoms with Gasteiger partial charge in [-0.3, -0.25) is 4.79 Å². The predicted molar refractivity (Wildman–Crippen MR) is 184 cm³/mol. The zero-order valence-electron chi connectivity index (χ0n) is 29.3. The predicted octanol–water partition coefficient (Wildman–Crippen LogP) is 7.11. The summed E-state index contributed by atoms with van der Waals surface area (Å²) in [6, 6.07) is 19.3. The Kier molecular flexibility index (Phi) is 16.3. The maximum Gasteiger partial charge on any atom is 0.330 e. The molecule has 2 aromatic rings. The SMILES string of the molecule is COC(=O)/C=C/[C@@H](OCc1ccccc1)[C@H](C)OC(=O)C[C@H](C)OC(=O)/C=C/[C@@H](OCc1ccccc1)[C@H](C)O[Si](C)(C)C(C)(C)C. The third-order valence-electron chi connectivity index (χ3n) is 7.92. The van der Waals surface area contributed by atoms with E-state index in [0.717, 1.165) is 11.1 Å². The first kappa shape index (κ1) is 39.6. The highest BCUT2D eigenvalue weighted by Crippen LogP contribution is 2.37. The fourth-order valence-electron chi connectivity index (χ4n) is 4.19. The molecule has 0 fully saturated rings. The van der Waals surface area contributed by atoms with Crippen LogP contribution in [-0.4, -0.2) is 63.9 Å². The molecule has 258 valence electrons. The molecule has 0 saturated carbocycles. The first-order valence-electron chi connectivity index (χ1n) is 15.9. The Morgan fingerprint density at radius 1 is 0.723 bits per heavy atom. The summed E-state index contributed by atoms with van der Waals surface area (Å²) in [5, 5.41) is 0.00109. The second kappa shape index (κ2) is 19.3. The quantitative estimate of drug-likeness (QED) is 0.0711. The lowest BCUT2D eigenvalue weighted by Crippen LogP contribution is -2.46. The number of rotatable bonds is 18. The van der Waals surface area contributed by atoms with Gasteiger partial charge in [-0.15, -0.1) is 0 Å². The van der Waals surface area contributed by atoms with Gasteiger partial charge in [-0.05, 0) is 62.2 Å². The van der Waals surface area contributed by atoms with Gasteiger partial charge in [0.05, 0.1) is 32.8 Å². The van der Waals surface area contributed by atoms with E-state index in [9.17, 15) is 14.4 Å². The van der Waals surface area contributed by atoms with Crippen LogP contribution in [0.15, 0.2) is 85.0 Å². The summed E-state index contributed by atoms with van der Waals surface area (Å²) in [6.07, 6.45) is 2.47. The molecule has 47 heavy (non-hydrogen) atoms. The lowest BCUT2D eigenvalue weighted by atomic mass is 10.2. The van der Waals surface area contributed by atoms with Crippen molar-refractivity contribution in [2.45, 2.75) is 110 Å². The van der Waals surface area contributed by atoms with Crippen LogP contribution in [0.5, 0.6) is 0 Å². The lowest BCUT2D eigenvalue weighted by molar-refractivity contribution is -0.159. The molecule has 9 nitrogen and oxygen atoms in total. The Labute approximate surface area is 281 Å². The van der Waals surface area contributed by atoms with Crippen LogP contribution in [-0.2, 0) is 55.7 Å². The van der Waals surface area contributed by atoms with E-state index in [2.05, 4.69) is 38.6 Å². The molecule has 0 aliphatic carbocycles. The minimum Gasteiger partial charge on any atom is -0.466 e. The molecule has 5 atom stereocenters. The Morgan fingerprint density at radius 3 is 1.66 bits per heavy atom. The van der Waals surface area contributed by atoms with Gasteiger partial charge >= 0.3 is 17.9 Å². The van der Waals surface area contributed by atoms with Crippen molar-refractivity contribution in [1.82, 2.24) is 0 Å². The van der Waals surface area contributed by atoms with E-state index in [1.54, 1.807) is 19.9 Å². The van der Waals surface area contributed by atoms with Crippen molar-refractivity contribution in [2.75, 3.05) is 7.11 Å². The second-order valence-corrected chi connectivity index (χ2v) is 17.8. The molecule has 0 bridgehead atoms. The molecule has 10 heteroatoms. The summed E-state index contributed by atoms with van der Waals surface area (Å²) in [4.78, 5) is 37.2. The molecule has 0 N–H and O–H groups in total. The van der Waals surface area contributed by atoms with Crippen molar-refractivity contribution in [3.8, 4) is 0 Å². The molecule has 2 aromatic carbocycles. The summed E-state index contributed by atoms with van der Waals surface area (Å²) in [6.45, 7) is 16.7. The van der Waals surface area contributed by atoms with Gasteiger partial charge in [0, 0.05) is 12.2 Å². The van der Waals surface area contributed by atoms with Crippen molar-refractivity contribution in [2.24, 2.45) is 0 Å². The molecule has 0 aliphatic heterocycles. The smallest absolute Gasteiger partial charge is 0.330 e. The van der Waals surface area contributed by atoms with Crippen LogP contribution in [0.2, 0.25) is 18.1 Å². The van der Waals surface area contributed by atoms with Gasteiger partial charge in [-0.2, -0.15) is 0 Å². The number of carbonyl (C=O) groups excluding carboxylic acids is 3. The lowest BCUT2D eigenvalue weighted by Gasteiger charge is -2.39. The number of ether oxygens (including phenoxy) is 5. The van der Waals surface area contributed by atoms with Crippen molar-refractivity contribution in [3.63, 3.8) is 0 Å². The van der Waals surface area contributed by atoms with Crippen LogP contribution in [0.25, 0.3) is 0 Å². The van der Waals surface area contributed by atoms with Crippen LogP contribution < -0.4 is 0 Å². The highest BCUT2D eigenvalue weighted by atomic mass is 28.4. The standard InChI is InChI=1S/C37H52O9Si/c1-27(24-36(40)45-28(2)32(20-22-34(38)41-7)42-25-30-16-12-10-13-17-30)44-35(39)23-21-33(43-26-31-18-14-11-15-19-31)29(3)46-47(8,9)37(4,5)6/h10-23,27-29,32-33H,24-26H2,1-9H3/b22-20+,23-21+/t27-,28-,29-,32+,33+/m0/s1. The summed E-state index contributed by atoms with van der Waals surface area (Å²) in [5.74, 6) is -1.75. The summed E-state index contributed by atoms with van der Waals surface area (Å²) >= 11 is 0. The van der Waals surface area contributed by atoms with Crippen molar-refractivity contribution < 1.29 is 42.5 Å². The zero-order valence-corrected chi connectivity index (χ0v) is 30.3. The van der Waals surface area contributed by atoms with Gasteiger partial charge < -0.3 is 28.1 Å². The number of hydrogen-bond acceptors (Lipinski definition) is 9. The van der Waals surface area contributed by atoms with Gasteiger partial charge in [0.1, 0.15) is 24.4 Å². The zero-order chi connectivity index (χ0) is 35.0. The molecule has 0 heterocycles. The Bertz CT molecular complexity index is 1300. The van der Waals surface area contributed by atoms with Gasteiger partial charge in [-0.25, -0.2) is 9.59 Å². The van der Waals surface area contributed by atoms with Gasteiger partial charge in [0.2, 0.25) is 0 Å². The fourth-order valence-corrected chi connectivity index (χ4v) is 5.61. The fraction of sp³-hybridized carbons (Fsp3) is 0.486. The van der Waals surface area contributed by atoms with Crippen LogP contribution in [0.1, 0.15) is 59.1 Å². The third-order valence-corrected chi connectivity index (χ3v) is 12.5. The number of methoxy groups -OCH3 is 1. The summed E-state index contributed by atoms with van der Waals surface area (Å²) < 4.78 is 34.5. The monoisotopic (exact) mass is 668 g/mol. The first-order chi connectivity index (χ1) is 22.1. The average molecular weight is 669 g/mol. The van der Waals surface area contributed by atoms with Crippen LogP contribution in [0, 0.1) is 0 Å². The molecule has 2 rings (SSSR count). The van der Waals surface area contributed by atoms with Crippen molar-refractivity contribution >= 4 is 26.2 Å². The first-order valence-corrected chi connectivity index (χ1v) is 18.9. The van der Waals surface area contributed by atoms with E-state index in [-0.39, 0.29) is 24.2 Å². The average Bonchev–Trinajstić information content (AvgIpc) is 3.00. The number of hydrogen-bond donors (Lipinski definition) is 0. The number of esters is 3. The molecule has 0 aromatic heterocycles. The van der Waals surface area contributed by atoms with E-state index in [0.29, 0.717) is 6.61 Å². The molecule has 0 unspecified atom stereocenters. The topological polar surface area (TPSA) is 107 Å². The molecule has 0 radical (unpaired) electrons.